The molecule has 1 N–H and O–H groups in total. The molecule has 4 atom stereocenters. The lowest BCUT2D eigenvalue weighted by atomic mass is 9.78. The molecule has 1 aromatic carbocycles. The fourth-order valence-corrected chi connectivity index (χ4v) is 5.19. The zero-order chi connectivity index (χ0) is 23.1. The molecule has 4 unspecified atom stereocenters. The first-order chi connectivity index (χ1) is 15.4. The smallest absolute Gasteiger partial charge is 0.247 e. The number of nitrogens with one attached hydrogen (secondary N) is 1. The Kier molecular flexibility index (Phi) is 9.15. The van der Waals surface area contributed by atoms with Gasteiger partial charge in [-0.1, -0.05) is 50.5 Å². The van der Waals surface area contributed by atoms with Gasteiger partial charge in [0.1, 0.15) is 17.7 Å². The van der Waals surface area contributed by atoms with E-state index in [0.717, 1.165) is 38.5 Å². The maximum Gasteiger partial charge on any atom is 0.247 e. The number of carbonyl (C=O) groups excluding carboxylic acids is 2. The number of rotatable bonds is 8. The second kappa shape index (κ2) is 11.8. The van der Waals surface area contributed by atoms with Crippen LogP contribution in [0.4, 0.5) is 4.39 Å². The van der Waals surface area contributed by atoms with Crippen LogP contribution in [0.2, 0.25) is 0 Å². The quantitative estimate of drug-likeness (QED) is 0.394. The van der Waals surface area contributed by atoms with Gasteiger partial charge in [0.15, 0.2) is 0 Å². The Hall–Kier alpha value is -1.88. The fraction of sp³-hybridized carbons (Fsp3) is 0.615. The molecule has 1 saturated carbocycles. The molecule has 0 spiro atoms. The topological polar surface area (TPSA) is 49.4 Å². The monoisotopic (exact) mass is 462 g/mol. The first kappa shape index (κ1) is 24.8. The molecule has 32 heavy (non-hydrogen) atoms. The number of amides is 2. The number of halogens is 2. The van der Waals surface area contributed by atoms with Gasteiger partial charge in [0.2, 0.25) is 11.8 Å². The molecule has 0 heterocycles. The zero-order valence-electron chi connectivity index (χ0n) is 19.3. The minimum absolute atomic E-state index is 0.0724. The molecule has 3 rings (SSSR count). The highest BCUT2D eigenvalue weighted by atomic mass is 35.5. The van der Waals surface area contributed by atoms with Crippen LogP contribution in [0.25, 0.3) is 0 Å². The molecule has 0 saturated heterocycles. The Morgan fingerprint density at radius 3 is 2.56 bits per heavy atom. The summed E-state index contributed by atoms with van der Waals surface area (Å²) in [4.78, 5) is 28.1. The summed E-state index contributed by atoms with van der Waals surface area (Å²) >= 11 is 5.97. The summed E-state index contributed by atoms with van der Waals surface area (Å²) in [5.41, 5.74) is 1.94. The average Bonchev–Trinajstić information content (AvgIpc) is 2.80. The van der Waals surface area contributed by atoms with Crippen LogP contribution in [0, 0.1) is 17.7 Å². The maximum absolute atomic E-state index is 13.6. The van der Waals surface area contributed by atoms with Crippen molar-refractivity contribution in [2.24, 2.45) is 11.8 Å². The second-order valence-electron chi connectivity index (χ2n) is 9.42. The molecule has 0 radical (unpaired) electrons. The number of hydrogen-bond acceptors (Lipinski definition) is 2. The molecular weight excluding hydrogens is 427 g/mol. The van der Waals surface area contributed by atoms with E-state index in [1.807, 2.05) is 0 Å². The molecule has 1 aromatic rings. The summed E-state index contributed by atoms with van der Waals surface area (Å²) in [6.45, 7) is 4.82. The lowest BCUT2D eigenvalue weighted by Gasteiger charge is -2.37. The Labute approximate surface area is 196 Å². The van der Waals surface area contributed by atoms with E-state index >= 15 is 0 Å². The van der Waals surface area contributed by atoms with E-state index in [-0.39, 0.29) is 29.6 Å². The molecule has 0 bridgehead atoms. The van der Waals surface area contributed by atoms with Crippen molar-refractivity contribution in [1.82, 2.24) is 10.2 Å². The molecule has 2 aliphatic carbocycles. The van der Waals surface area contributed by atoms with Gasteiger partial charge in [-0.25, -0.2) is 4.39 Å². The zero-order valence-corrected chi connectivity index (χ0v) is 20.0. The largest absolute Gasteiger partial charge is 0.351 e. The Morgan fingerprint density at radius 1 is 1.16 bits per heavy atom. The summed E-state index contributed by atoms with van der Waals surface area (Å²) in [6.07, 6.45) is 10.6. The van der Waals surface area contributed by atoms with Crippen molar-refractivity contribution in [3.8, 4) is 0 Å². The molecule has 176 valence electrons. The average molecular weight is 463 g/mol. The van der Waals surface area contributed by atoms with Crippen LogP contribution >= 0.6 is 11.6 Å². The minimum Gasteiger partial charge on any atom is -0.351 e. The first-order valence-electron chi connectivity index (χ1n) is 12.0. The molecule has 6 heteroatoms. The van der Waals surface area contributed by atoms with E-state index in [0.29, 0.717) is 23.9 Å². The van der Waals surface area contributed by atoms with Crippen molar-refractivity contribution >= 4 is 23.4 Å². The molecule has 0 aromatic heterocycles. The van der Waals surface area contributed by atoms with E-state index in [1.54, 1.807) is 17.0 Å². The van der Waals surface area contributed by atoms with Crippen molar-refractivity contribution in [2.45, 2.75) is 77.3 Å². The third-order valence-electron chi connectivity index (χ3n) is 7.27. The van der Waals surface area contributed by atoms with Gasteiger partial charge in [0.25, 0.3) is 0 Å². The van der Waals surface area contributed by atoms with Gasteiger partial charge in [0.05, 0.1) is 0 Å². The van der Waals surface area contributed by atoms with Gasteiger partial charge in [-0.05, 0) is 68.1 Å². The Morgan fingerprint density at radius 2 is 1.91 bits per heavy atom. The highest BCUT2D eigenvalue weighted by Crippen LogP contribution is 2.31. The predicted molar refractivity (Wildman–Crippen MR) is 127 cm³/mol. The van der Waals surface area contributed by atoms with Gasteiger partial charge in [-0.15, -0.1) is 11.6 Å². The van der Waals surface area contributed by atoms with Crippen LogP contribution in [0.3, 0.4) is 0 Å². The lowest BCUT2D eigenvalue weighted by Crippen LogP contribution is -2.50. The summed E-state index contributed by atoms with van der Waals surface area (Å²) in [5.74, 6) is -0.147. The number of alkyl halides is 1. The standard InChI is InChI=1S/C26H36ClFN2O2/c1-18-7-6-10-23(19(18)2)29-26(32)25(21-11-13-22(28)14-12-21)30(24(31)17-27)16-15-20-8-4-3-5-9-20/h8,11-14,18-19,23,25H,3-7,9-10,15-17H2,1-2H3,(H,29,32). The Balaban J connectivity index is 1.85. The summed E-state index contributed by atoms with van der Waals surface area (Å²) in [7, 11) is 0. The molecule has 2 amide bonds. The number of nitrogens with zero attached hydrogens (tertiary/aromatic N) is 1. The van der Waals surface area contributed by atoms with Crippen molar-refractivity contribution in [3.05, 3.63) is 47.3 Å². The number of hydrogen-bond donors (Lipinski definition) is 1. The number of allylic oxidation sites excluding steroid dienone is 1. The minimum atomic E-state index is -0.824. The van der Waals surface area contributed by atoms with E-state index in [1.165, 1.54) is 30.5 Å². The summed E-state index contributed by atoms with van der Waals surface area (Å²) in [5, 5.41) is 3.23. The fourth-order valence-electron chi connectivity index (χ4n) is 5.04. The third-order valence-corrected chi connectivity index (χ3v) is 7.50. The maximum atomic E-state index is 13.6. The van der Waals surface area contributed by atoms with E-state index in [4.69, 9.17) is 11.6 Å². The lowest BCUT2D eigenvalue weighted by molar-refractivity contribution is -0.139. The van der Waals surface area contributed by atoms with Crippen LogP contribution < -0.4 is 5.32 Å². The molecule has 2 aliphatic rings. The molecule has 4 nitrogen and oxygen atoms in total. The molecule has 0 aliphatic heterocycles. The van der Waals surface area contributed by atoms with Gasteiger partial charge in [-0.2, -0.15) is 0 Å². The van der Waals surface area contributed by atoms with E-state index in [2.05, 4.69) is 25.2 Å². The van der Waals surface area contributed by atoms with Crippen LogP contribution in [0.15, 0.2) is 35.9 Å². The summed E-state index contributed by atoms with van der Waals surface area (Å²) in [6, 6.07) is 5.13. The normalized spacial score (nSPS) is 24.4. The Bertz CT molecular complexity index is 811. The van der Waals surface area contributed by atoms with Gasteiger partial charge < -0.3 is 10.2 Å². The predicted octanol–water partition coefficient (Wildman–Crippen LogP) is 5.77. The van der Waals surface area contributed by atoms with Crippen molar-refractivity contribution in [2.75, 3.05) is 12.4 Å². The van der Waals surface area contributed by atoms with E-state index in [9.17, 15) is 14.0 Å². The van der Waals surface area contributed by atoms with Gasteiger partial charge in [0, 0.05) is 12.6 Å². The highest BCUT2D eigenvalue weighted by molar-refractivity contribution is 6.27. The van der Waals surface area contributed by atoms with Crippen molar-refractivity contribution in [1.29, 1.82) is 0 Å². The van der Waals surface area contributed by atoms with Crippen LogP contribution in [0.5, 0.6) is 0 Å². The molecular formula is C26H36ClFN2O2. The van der Waals surface area contributed by atoms with Crippen LogP contribution in [-0.2, 0) is 9.59 Å². The highest BCUT2D eigenvalue weighted by Gasteiger charge is 2.35. The summed E-state index contributed by atoms with van der Waals surface area (Å²) < 4.78 is 13.6. The second-order valence-corrected chi connectivity index (χ2v) is 9.68. The SMILES string of the molecule is CC1CCCC(NC(=O)C(c2ccc(F)cc2)N(CCC2=CCCCC2)C(=O)CCl)C1C. The van der Waals surface area contributed by atoms with E-state index < -0.39 is 6.04 Å². The molecule has 1 fully saturated rings. The van der Waals surface area contributed by atoms with Crippen LogP contribution in [-0.4, -0.2) is 35.2 Å². The first-order valence-corrected chi connectivity index (χ1v) is 12.5. The van der Waals surface area contributed by atoms with Gasteiger partial charge in [-0.3, -0.25) is 9.59 Å². The van der Waals surface area contributed by atoms with Crippen molar-refractivity contribution in [3.63, 3.8) is 0 Å². The number of benzene rings is 1. The number of carbonyl (C=O) groups is 2. The third kappa shape index (κ3) is 6.34. The van der Waals surface area contributed by atoms with Crippen LogP contribution in [0.1, 0.15) is 76.8 Å². The van der Waals surface area contributed by atoms with Crippen molar-refractivity contribution < 1.29 is 14.0 Å². The van der Waals surface area contributed by atoms with Gasteiger partial charge >= 0.3 is 0 Å².